The molecule has 0 amide bonds. The van der Waals surface area contributed by atoms with E-state index in [-0.39, 0.29) is 22.9 Å². The van der Waals surface area contributed by atoms with Crippen LogP contribution in [0.15, 0.2) is 6.07 Å². The van der Waals surface area contributed by atoms with Crippen molar-refractivity contribution in [2.24, 2.45) is 0 Å². The largest absolute Gasteiger partial charge is 0.574 e. The Kier molecular flexibility index (Phi) is 5.05. The van der Waals surface area contributed by atoms with Gasteiger partial charge in [-0.05, 0) is 11.6 Å². The summed E-state index contributed by atoms with van der Waals surface area (Å²) in [6.07, 6.45) is -8.43. The summed E-state index contributed by atoms with van der Waals surface area (Å²) in [7, 11) is 0. The smallest absolute Gasteiger partial charge is 0.388 e. The van der Waals surface area contributed by atoms with Crippen molar-refractivity contribution in [2.75, 3.05) is 0 Å². The first kappa shape index (κ1) is 15.6. The molecule has 1 aromatic heterocycles. The second-order valence-electron chi connectivity index (χ2n) is 3.31. The average molecular weight is 345 g/mol. The van der Waals surface area contributed by atoms with Gasteiger partial charge < -0.3 is 4.74 Å². The van der Waals surface area contributed by atoms with Crippen LogP contribution in [-0.4, -0.2) is 11.3 Å². The quantitative estimate of drug-likeness (QED) is 0.615. The van der Waals surface area contributed by atoms with E-state index in [1.54, 1.807) is 6.07 Å². The molecule has 0 saturated carbocycles. The van der Waals surface area contributed by atoms with Gasteiger partial charge in [0.1, 0.15) is 5.69 Å². The maximum atomic E-state index is 12.5. The lowest BCUT2D eigenvalue weighted by atomic mass is 10.1. The average Bonchev–Trinajstić information content (AvgIpc) is 2.26. The molecule has 9 heteroatoms. The van der Waals surface area contributed by atoms with Crippen LogP contribution in [0.3, 0.4) is 0 Å². The van der Waals surface area contributed by atoms with Crippen molar-refractivity contribution in [1.82, 2.24) is 4.98 Å². The van der Waals surface area contributed by atoms with Crippen LogP contribution in [-0.2, 0) is 11.8 Å². The molecule has 1 aromatic rings. The van der Waals surface area contributed by atoms with Crippen molar-refractivity contribution in [3.05, 3.63) is 22.9 Å². The lowest BCUT2D eigenvalue weighted by Crippen LogP contribution is -2.20. The summed E-state index contributed by atoms with van der Waals surface area (Å²) in [5.41, 5.74) is -0.929. The zero-order valence-corrected chi connectivity index (χ0v) is 10.7. The number of alkyl halides is 6. The van der Waals surface area contributed by atoms with Crippen LogP contribution in [0, 0.1) is 11.3 Å². The summed E-state index contributed by atoms with van der Waals surface area (Å²) in [4.78, 5) is 3.14. The second-order valence-corrected chi connectivity index (χ2v) is 3.87. The Labute approximate surface area is 113 Å². The van der Waals surface area contributed by atoms with Gasteiger partial charge >= 0.3 is 6.36 Å². The summed E-state index contributed by atoms with van der Waals surface area (Å²) < 4.78 is 65.2. The number of aromatic nitrogens is 1. The zero-order chi connectivity index (χ0) is 14.6. The van der Waals surface area contributed by atoms with E-state index < -0.39 is 24.4 Å². The van der Waals surface area contributed by atoms with E-state index in [1.165, 1.54) is 0 Å². The van der Waals surface area contributed by atoms with Gasteiger partial charge in [-0.1, -0.05) is 15.9 Å². The third kappa shape index (κ3) is 4.31. The number of nitriles is 1. The molecule has 0 aromatic carbocycles. The van der Waals surface area contributed by atoms with Crippen molar-refractivity contribution in [3.8, 4) is 11.9 Å². The maximum absolute atomic E-state index is 12.5. The highest BCUT2D eigenvalue weighted by Gasteiger charge is 2.34. The highest BCUT2D eigenvalue weighted by atomic mass is 79.9. The van der Waals surface area contributed by atoms with Gasteiger partial charge in [0.2, 0.25) is 5.88 Å². The van der Waals surface area contributed by atoms with Crippen molar-refractivity contribution < 1.29 is 26.7 Å². The Morgan fingerprint density at radius 2 is 2.05 bits per heavy atom. The van der Waals surface area contributed by atoms with E-state index >= 15 is 0 Å². The molecule has 0 radical (unpaired) electrons. The van der Waals surface area contributed by atoms with E-state index in [2.05, 4.69) is 25.7 Å². The topological polar surface area (TPSA) is 45.9 Å². The lowest BCUT2D eigenvalue weighted by molar-refractivity contribution is -0.276. The van der Waals surface area contributed by atoms with Crippen molar-refractivity contribution in [3.63, 3.8) is 0 Å². The van der Waals surface area contributed by atoms with E-state index in [0.29, 0.717) is 0 Å². The fraction of sp³-hybridized carbons (Fsp3) is 0.400. The number of rotatable bonds is 4. The van der Waals surface area contributed by atoms with Gasteiger partial charge in [-0.3, -0.25) is 0 Å². The molecule has 0 spiro atoms. The molecule has 0 bridgehead atoms. The third-order valence-corrected chi connectivity index (χ3v) is 2.60. The van der Waals surface area contributed by atoms with Crippen LogP contribution in [0.1, 0.15) is 23.2 Å². The molecule has 104 valence electrons. The summed E-state index contributed by atoms with van der Waals surface area (Å²) in [6.45, 7) is 0. The van der Waals surface area contributed by atoms with Gasteiger partial charge in [-0.15, -0.1) is 13.2 Å². The van der Waals surface area contributed by atoms with Crippen LogP contribution in [0.2, 0.25) is 0 Å². The van der Waals surface area contributed by atoms with Gasteiger partial charge in [0.25, 0.3) is 6.43 Å². The zero-order valence-electron chi connectivity index (χ0n) is 9.14. The molecule has 3 nitrogen and oxygen atoms in total. The lowest BCUT2D eigenvalue weighted by Gasteiger charge is -2.15. The van der Waals surface area contributed by atoms with Crippen LogP contribution in [0.25, 0.3) is 0 Å². The standard InChI is InChI=1S/C10H6BrF5N2O/c11-4-6-5(1-2-17)3-7(8(12)13)18-9(6)19-10(14,15)16/h3,8H,1,4H2. The molecule has 0 atom stereocenters. The molecule has 0 aliphatic heterocycles. The molecule has 0 aliphatic carbocycles. The highest BCUT2D eigenvalue weighted by molar-refractivity contribution is 9.08. The monoisotopic (exact) mass is 344 g/mol. The molecule has 0 aliphatic rings. The van der Waals surface area contributed by atoms with Crippen molar-refractivity contribution in [2.45, 2.75) is 24.5 Å². The van der Waals surface area contributed by atoms with E-state index in [9.17, 15) is 22.0 Å². The summed E-state index contributed by atoms with van der Waals surface area (Å²) >= 11 is 2.91. The Hall–Kier alpha value is -1.43. The van der Waals surface area contributed by atoms with Crippen LogP contribution in [0.4, 0.5) is 22.0 Å². The van der Waals surface area contributed by atoms with Crippen LogP contribution < -0.4 is 4.74 Å². The molecule has 1 heterocycles. The summed E-state index contributed by atoms with van der Waals surface area (Å²) in [5.74, 6) is -0.965. The molecule has 0 saturated heterocycles. The normalized spacial score (nSPS) is 11.5. The second kappa shape index (κ2) is 6.14. The van der Waals surface area contributed by atoms with Crippen LogP contribution >= 0.6 is 15.9 Å². The summed E-state index contributed by atoms with van der Waals surface area (Å²) in [5, 5.41) is 8.45. The number of nitrogens with zero attached hydrogens (tertiary/aromatic N) is 2. The number of halogens is 6. The van der Waals surface area contributed by atoms with Crippen LogP contribution in [0.5, 0.6) is 5.88 Å². The molecule has 0 fully saturated rings. The number of ether oxygens (including phenoxy) is 1. The molecule has 0 N–H and O–H groups in total. The van der Waals surface area contributed by atoms with Crippen molar-refractivity contribution in [1.29, 1.82) is 5.26 Å². The first-order valence-corrected chi connectivity index (χ1v) is 5.90. The Morgan fingerprint density at radius 3 is 2.47 bits per heavy atom. The first-order valence-electron chi connectivity index (χ1n) is 4.78. The van der Waals surface area contributed by atoms with Gasteiger partial charge in [0, 0.05) is 10.9 Å². The minimum Gasteiger partial charge on any atom is -0.388 e. The summed E-state index contributed by atoms with van der Waals surface area (Å²) in [6, 6.07) is 2.58. The number of hydrogen-bond acceptors (Lipinski definition) is 3. The molecular formula is C10H6BrF5N2O. The maximum Gasteiger partial charge on any atom is 0.574 e. The third-order valence-electron chi connectivity index (χ3n) is 2.04. The molecule has 1 rings (SSSR count). The highest BCUT2D eigenvalue weighted by Crippen LogP contribution is 2.32. The first-order chi connectivity index (χ1) is 8.78. The number of pyridine rings is 1. The SMILES string of the molecule is N#CCc1cc(C(F)F)nc(OC(F)(F)F)c1CBr. The number of hydrogen-bond donors (Lipinski definition) is 0. The van der Waals surface area contributed by atoms with Gasteiger partial charge in [0.15, 0.2) is 0 Å². The van der Waals surface area contributed by atoms with E-state index in [4.69, 9.17) is 5.26 Å². The van der Waals surface area contributed by atoms with E-state index in [1.807, 2.05) is 0 Å². The fourth-order valence-electron chi connectivity index (χ4n) is 1.31. The molecule has 19 heavy (non-hydrogen) atoms. The molecular weight excluding hydrogens is 339 g/mol. The minimum atomic E-state index is -5.05. The Bertz CT molecular complexity index is 498. The van der Waals surface area contributed by atoms with Gasteiger partial charge in [-0.2, -0.15) is 5.26 Å². The predicted molar refractivity (Wildman–Crippen MR) is 57.8 cm³/mol. The Balaban J connectivity index is 3.36. The predicted octanol–water partition coefficient (Wildman–Crippen LogP) is 3.88. The minimum absolute atomic E-state index is 0.0175. The molecule has 0 unspecified atom stereocenters. The Morgan fingerprint density at radius 1 is 1.42 bits per heavy atom. The van der Waals surface area contributed by atoms with Gasteiger partial charge in [-0.25, -0.2) is 13.8 Å². The fourth-order valence-corrected chi connectivity index (χ4v) is 1.91. The van der Waals surface area contributed by atoms with Gasteiger partial charge in [0.05, 0.1) is 12.5 Å². The van der Waals surface area contributed by atoms with Crippen molar-refractivity contribution >= 4 is 15.9 Å². The van der Waals surface area contributed by atoms with E-state index in [0.717, 1.165) is 6.07 Å².